The molecule has 1 saturated carbocycles. The number of hydrogen-bond acceptors (Lipinski definition) is 2. The Morgan fingerprint density at radius 2 is 1.95 bits per heavy atom. The lowest BCUT2D eigenvalue weighted by Crippen LogP contribution is -2.46. The van der Waals surface area contributed by atoms with Crippen LogP contribution in [0.5, 0.6) is 0 Å². The number of nitrogens with zero attached hydrogens (tertiary/aromatic N) is 1. The Morgan fingerprint density at radius 3 is 2.57 bits per heavy atom. The summed E-state index contributed by atoms with van der Waals surface area (Å²) in [5.41, 5.74) is 7.56. The maximum atomic E-state index is 6.05. The fourth-order valence-corrected chi connectivity index (χ4v) is 3.81. The molecule has 2 N–H and O–H groups in total. The summed E-state index contributed by atoms with van der Waals surface area (Å²) in [6.45, 7) is 6.66. The fourth-order valence-electron chi connectivity index (χ4n) is 3.81. The summed E-state index contributed by atoms with van der Waals surface area (Å²) in [4.78, 5) is 2.58. The van der Waals surface area contributed by atoms with Crippen molar-refractivity contribution < 1.29 is 0 Å². The third kappa shape index (κ3) is 4.31. The second-order valence-corrected chi connectivity index (χ2v) is 6.94. The molecule has 0 heterocycles. The van der Waals surface area contributed by atoms with Crippen LogP contribution in [0.1, 0.15) is 51.0 Å². The Kier molecular flexibility index (Phi) is 6.25. The largest absolute Gasteiger partial charge is 0.330 e. The van der Waals surface area contributed by atoms with E-state index in [1.165, 1.54) is 37.8 Å². The van der Waals surface area contributed by atoms with Gasteiger partial charge in [0.25, 0.3) is 0 Å². The molecule has 0 amide bonds. The molecule has 2 rings (SSSR count). The van der Waals surface area contributed by atoms with Crippen LogP contribution >= 0.6 is 0 Å². The zero-order valence-corrected chi connectivity index (χ0v) is 14.0. The van der Waals surface area contributed by atoms with E-state index in [-0.39, 0.29) is 0 Å². The van der Waals surface area contributed by atoms with Gasteiger partial charge in [-0.05, 0) is 56.2 Å². The lowest BCUT2D eigenvalue weighted by Gasteiger charge is -2.42. The van der Waals surface area contributed by atoms with Crippen molar-refractivity contribution in [2.45, 2.75) is 51.5 Å². The Balaban J connectivity index is 2.05. The van der Waals surface area contributed by atoms with Gasteiger partial charge in [-0.2, -0.15) is 0 Å². The predicted octanol–water partition coefficient (Wildman–Crippen LogP) is 3.88. The maximum Gasteiger partial charge on any atom is 0.0138 e. The minimum absolute atomic E-state index is 0.642. The van der Waals surface area contributed by atoms with Gasteiger partial charge in [-0.1, -0.05) is 50.6 Å². The van der Waals surface area contributed by atoms with Crippen LogP contribution in [0.25, 0.3) is 0 Å². The van der Waals surface area contributed by atoms with E-state index >= 15 is 0 Å². The van der Waals surface area contributed by atoms with Crippen LogP contribution in [-0.4, -0.2) is 31.1 Å². The van der Waals surface area contributed by atoms with Gasteiger partial charge in [-0.15, -0.1) is 0 Å². The van der Waals surface area contributed by atoms with Crippen molar-refractivity contribution >= 4 is 0 Å². The molecule has 1 aromatic rings. The quantitative estimate of drug-likeness (QED) is 0.861. The summed E-state index contributed by atoms with van der Waals surface area (Å²) in [6, 6.07) is 11.7. The maximum absolute atomic E-state index is 6.05. The molecule has 0 aliphatic heterocycles. The minimum Gasteiger partial charge on any atom is -0.330 e. The Labute approximate surface area is 130 Å². The van der Waals surface area contributed by atoms with Crippen molar-refractivity contribution in [3.63, 3.8) is 0 Å². The third-order valence-electron chi connectivity index (χ3n) is 5.39. The molecule has 2 nitrogen and oxygen atoms in total. The van der Waals surface area contributed by atoms with E-state index in [0.29, 0.717) is 17.9 Å². The van der Waals surface area contributed by atoms with Gasteiger partial charge >= 0.3 is 0 Å². The monoisotopic (exact) mass is 288 g/mol. The van der Waals surface area contributed by atoms with Crippen LogP contribution < -0.4 is 5.73 Å². The van der Waals surface area contributed by atoms with Crippen molar-refractivity contribution in [2.75, 3.05) is 20.1 Å². The molecule has 21 heavy (non-hydrogen) atoms. The van der Waals surface area contributed by atoms with E-state index < -0.39 is 0 Å². The van der Waals surface area contributed by atoms with E-state index in [0.717, 1.165) is 12.5 Å². The average Bonchev–Trinajstić information content (AvgIpc) is 2.54. The summed E-state index contributed by atoms with van der Waals surface area (Å²) >= 11 is 0. The van der Waals surface area contributed by atoms with Gasteiger partial charge in [0.2, 0.25) is 0 Å². The molecule has 4 unspecified atom stereocenters. The van der Waals surface area contributed by atoms with Crippen LogP contribution in [0.3, 0.4) is 0 Å². The smallest absolute Gasteiger partial charge is 0.0138 e. The highest BCUT2D eigenvalue weighted by Crippen LogP contribution is 2.37. The van der Waals surface area contributed by atoms with Crippen molar-refractivity contribution in [1.29, 1.82) is 0 Å². The van der Waals surface area contributed by atoms with Gasteiger partial charge in [0.1, 0.15) is 0 Å². The number of hydrogen-bond donors (Lipinski definition) is 1. The molecule has 0 bridgehead atoms. The van der Waals surface area contributed by atoms with Gasteiger partial charge in [-0.25, -0.2) is 0 Å². The first-order valence-corrected chi connectivity index (χ1v) is 8.60. The molecule has 4 atom stereocenters. The van der Waals surface area contributed by atoms with E-state index in [2.05, 4.69) is 56.1 Å². The SMILES string of the molecule is CCC(C)CN(C)C1CC(c2ccccc2)CCC1CN. The van der Waals surface area contributed by atoms with Crippen LogP contribution in [-0.2, 0) is 0 Å². The standard InChI is InChI=1S/C19H32N2/c1-4-15(2)14-21(3)19-12-17(10-11-18(19)13-20)16-8-6-5-7-9-16/h5-9,15,17-19H,4,10-14,20H2,1-3H3. The Hall–Kier alpha value is -0.860. The summed E-state index contributed by atoms with van der Waals surface area (Å²) in [7, 11) is 2.30. The Bertz CT molecular complexity index is 403. The highest BCUT2D eigenvalue weighted by Gasteiger charge is 2.33. The number of rotatable bonds is 6. The van der Waals surface area contributed by atoms with Crippen LogP contribution in [0.2, 0.25) is 0 Å². The lowest BCUT2D eigenvalue weighted by molar-refractivity contribution is 0.108. The minimum atomic E-state index is 0.642. The molecule has 2 heteroatoms. The molecule has 1 fully saturated rings. The van der Waals surface area contributed by atoms with E-state index in [1.54, 1.807) is 0 Å². The molecule has 0 aromatic heterocycles. The molecular formula is C19H32N2. The van der Waals surface area contributed by atoms with Gasteiger partial charge in [0.05, 0.1) is 0 Å². The number of benzene rings is 1. The first kappa shape index (κ1) is 16.5. The van der Waals surface area contributed by atoms with Crippen molar-refractivity contribution in [1.82, 2.24) is 4.90 Å². The molecule has 0 radical (unpaired) electrons. The molecular weight excluding hydrogens is 256 g/mol. The third-order valence-corrected chi connectivity index (χ3v) is 5.39. The predicted molar refractivity (Wildman–Crippen MR) is 91.5 cm³/mol. The topological polar surface area (TPSA) is 29.3 Å². The second kappa shape index (κ2) is 7.95. The highest BCUT2D eigenvalue weighted by atomic mass is 15.1. The molecule has 118 valence electrons. The zero-order chi connectivity index (χ0) is 15.2. The van der Waals surface area contributed by atoms with E-state index in [1.807, 2.05) is 0 Å². The van der Waals surface area contributed by atoms with Crippen molar-refractivity contribution in [2.24, 2.45) is 17.6 Å². The van der Waals surface area contributed by atoms with Crippen LogP contribution in [0.15, 0.2) is 30.3 Å². The zero-order valence-electron chi connectivity index (χ0n) is 14.0. The molecule has 1 aliphatic rings. The fraction of sp³-hybridized carbons (Fsp3) is 0.684. The molecule has 0 saturated heterocycles. The summed E-state index contributed by atoms with van der Waals surface area (Å²) in [6.07, 6.45) is 5.08. The van der Waals surface area contributed by atoms with E-state index in [4.69, 9.17) is 5.73 Å². The summed E-state index contributed by atoms with van der Waals surface area (Å²) in [5, 5.41) is 0. The van der Waals surface area contributed by atoms with Gasteiger partial charge < -0.3 is 10.6 Å². The van der Waals surface area contributed by atoms with Crippen LogP contribution in [0, 0.1) is 11.8 Å². The highest BCUT2D eigenvalue weighted by molar-refractivity contribution is 5.20. The molecule has 0 spiro atoms. The van der Waals surface area contributed by atoms with Crippen molar-refractivity contribution in [3.8, 4) is 0 Å². The lowest BCUT2D eigenvalue weighted by atomic mass is 9.75. The first-order chi connectivity index (χ1) is 10.2. The normalized spacial score (nSPS) is 27.8. The second-order valence-electron chi connectivity index (χ2n) is 6.94. The average molecular weight is 288 g/mol. The summed E-state index contributed by atoms with van der Waals surface area (Å²) in [5.74, 6) is 2.14. The van der Waals surface area contributed by atoms with Crippen LogP contribution in [0.4, 0.5) is 0 Å². The summed E-state index contributed by atoms with van der Waals surface area (Å²) < 4.78 is 0. The van der Waals surface area contributed by atoms with Gasteiger partial charge in [-0.3, -0.25) is 0 Å². The molecule has 1 aliphatic carbocycles. The van der Waals surface area contributed by atoms with E-state index in [9.17, 15) is 0 Å². The number of nitrogens with two attached hydrogens (primary N) is 1. The van der Waals surface area contributed by atoms with Crippen molar-refractivity contribution in [3.05, 3.63) is 35.9 Å². The molecule has 1 aromatic carbocycles. The van der Waals surface area contributed by atoms with Gasteiger partial charge in [0, 0.05) is 12.6 Å². The van der Waals surface area contributed by atoms with Gasteiger partial charge in [0.15, 0.2) is 0 Å². The first-order valence-electron chi connectivity index (χ1n) is 8.60. The Morgan fingerprint density at radius 1 is 1.24 bits per heavy atom.